The van der Waals surface area contributed by atoms with Crippen molar-refractivity contribution >= 4 is 34.5 Å². The fourth-order valence-corrected chi connectivity index (χ4v) is 3.06. The minimum atomic E-state index is -0.0349. The van der Waals surface area contributed by atoms with Crippen LogP contribution in [0.3, 0.4) is 0 Å². The van der Waals surface area contributed by atoms with Gasteiger partial charge in [-0.3, -0.25) is 4.98 Å². The third kappa shape index (κ3) is 2.60. The monoisotopic (exact) mass is 287 g/mol. The van der Waals surface area contributed by atoms with E-state index < -0.39 is 0 Å². The van der Waals surface area contributed by atoms with Crippen molar-refractivity contribution in [3.8, 4) is 10.7 Å². The van der Waals surface area contributed by atoms with Gasteiger partial charge in [-0.15, -0.1) is 11.3 Å². The molecule has 0 spiro atoms. The van der Waals surface area contributed by atoms with Crippen LogP contribution in [0, 0.1) is 6.92 Å². The fourth-order valence-electron chi connectivity index (χ4n) is 1.50. The van der Waals surface area contributed by atoms with Gasteiger partial charge < -0.3 is 5.73 Å². The normalized spacial score (nSPS) is 12.8. The molecule has 0 fully saturated rings. The Morgan fingerprint density at radius 3 is 2.65 bits per heavy atom. The molecule has 0 aromatic carbocycles. The highest BCUT2D eigenvalue weighted by atomic mass is 35.5. The van der Waals surface area contributed by atoms with Crippen molar-refractivity contribution in [3.05, 3.63) is 32.9 Å². The van der Waals surface area contributed by atoms with Crippen molar-refractivity contribution in [2.45, 2.75) is 19.9 Å². The van der Waals surface area contributed by atoms with Gasteiger partial charge >= 0.3 is 0 Å². The van der Waals surface area contributed by atoms with E-state index in [0.717, 1.165) is 15.6 Å². The number of hydrogen-bond donors (Lipinski definition) is 1. The molecule has 90 valence electrons. The summed E-state index contributed by atoms with van der Waals surface area (Å²) < 4.78 is 0. The van der Waals surface area contributed by atoms with E-state index in [4.69, 9.17) is 28.9 Å². The van der Waals surface area contributed by atoms with Gasteiger partial charge in [0.2, 0.25) is 0 Å². The number of nitrogens with two attached hydrogens (primary N) is 1. The summed E-state index contributed by atoms with van der Waals surface area (Å²) in [6.07, 6.45) is 1.56. The van der Waals surface area contributed by atoms with E-state index in [1.54, 1.807) is 12.3 Å². The van der Waals surface area contributed by atoms with Crippen LogP contribution >= 0.6 is 34.5 Å². The highest BCUT2D eigenvalue weighted by Crippen LogP contribution is 2.34. The van der Waals surface area contributed by atoms with Gasteiger partial charge in [0.1, 0.15) is 10.7 Å². The number of rotatable bonds is 2. The molecule has 2 heterocycles. The predicted molar refractivity (Wildman–Crippen MR) is 72.7 cm³/mol. The molecule has 0 aliphatic carbocycles. The largest absolute Gasteiger partial charge is 0.323 e. The molecule has 3 nitrogen and oxygen atoms in total. The summed E-state index contributed by atoms with van der Waals surface area (Å²) in [4.78, 5) is 9.70. The summed E-state index contributed by atoms with van der Waals surface area (Å²) in [5, 5.41) is 1.79. The zero-order valence-electron chi connectivity index (χ0n) is 9.37. The molecule has 0 radical (unpaired) electrons. The number of nitrogens with zero attached hydrogens (tertiary/aromatic N) is 2. The lowest BCUT2D eigenvalue weighted by molar-refractivity contribution is 0.825. The standard InChI is InChI=1S/C11H11Cl2N3S/c1-5(14)10-6(2)16-11(17-10)9-8(13)3-7(12)4-15-9/h3-5H,14H2,1-2H3. The van der Waals surface area contributed by atoms with Crippen molar-refractivity contribution in [2.24, 2.45) is 5.73 Å². The summed E-state index contributed by atoms with van der Waals surface area (Å²) in [5.74, 6) is 0. The Labute approximate surface area is 114 Å². The van der Waals surface area contributed by atoms with E-state index in [1.165, 1.54) is 11.3 Å². The highest BCUT2D eigenvalue weighted by Gasteiger charge is 2.15. The van der Waals surface area contributed by atoms with Crippen molar-refractivity contribution in [1.82, 2.24) is 9.97 Å². The number of thiazole rings is 1. The van der Waals surface area contributed by atoms with Gasteiger partial charge in [-0.1, -0.05) is 23.2 Å². The van der Waals surface area contributed by atoms with Crippen LogP contribution in [0.4, 0.5) is 0 Å². The maximum atomic E-state index is 6.09. The van der Waals surface area contributed by atoms with Gasteiger partial charge in [-0.2, -0.15) is 0 Å². The minimum Gasteiger partial charge on any atom is -0.323 e. The first kappa shape index (κ1) is 12.8. The number of halogens is 2. The maximum absolute atomic E-state index is 6.09. The Hall–Kier alpha value is -0.680. The van der Waals surface area contributed by atoms with Crippen LogP contribution in [0.15, 0.2) is 12.3 Å². The molecule has 6 heteroatoms. The molecule has 1 unspecified atom stereocenters. The Bertz CT molecular complexity index is 552. The lowest BCUT2D eigenvalue weighted by Gasteiger charge is -2.00. The number of hydrogen-bond acceptors (Lipinski definition) is 4. The maximum Gasteiger partial charge on any atom is 0.143 e. The molecule has 2 rings (SSSR count). The lowest BCUT2D eigenvalue weighted by atomic mass is 10.2. The average Bonchev–Trinajstić information content (AvgIpc) is 2.60. The van der Waals surface area contributed by atoms with Crippen LogP contribution in [0.5, 0.6) is 0 Å². The van der Waals surface area contributed by atoms with Gasteiger partial charge in [0.05, 0.1) is 15.7 Å². The molecule has 0 aliphatic heterocycles. The van der Waals surface area contributed by atoms with Gasteiger partial charge in [0.15, 0.2) is 0 Å². The smallest absolute Gasteiger partial charge is 0.143 e. The van der Waals surface area contributed by atoms with Crippen LogP contribution in [0.1, 0.15) is 23.5 Å². The molecule has 2 aromatic rings. The van der Waals surface area contributed by atoms with Crippen LogP contribution in [-0.2, 0) is 0 Å². The molecule has 0 saturated heterocycles. The zero-order chi connectivity index (χ0) is 12.6. The predicted octanol–water partition coefficient (Wildman–Crippen LogP) is 3.84. The SMILES string of the molecule is Cc1nc(-c2ncc(Cl)cc2Cl)sc1C(C)N. The van der Waals surface area contributed by atoms with Crippen LogP contribution in [-0.4, -0.2) is 9.97 Å². The van der Waals surface area contributed by atoms with Crippen molar-refractivity contribution in [1.29, 1.82) is 0 Å². The van der Waals surface area contributed by atoms with Gasteiger partial charge in [0, 0.05) is 17.1 Å². The van der Waals surface area contributed by atoms with E-state index in [2.05, 4.69) is 9.97 Å². The molecular weight excluding hydrogens is 277 g/mol. The molecule has 2 N–H and O–H groups in total. The Morgan fingerprint density at radius 1 is 1.41 bits per heavy atom. The fraction of sp³-hybridized carbons (Fsp3) is 0.273. The number of aromatic nitrogens is 2. The Balaban J connectivity index is 2.50. The molecule has 1 atom stereocenters. The van der Waals surface area contributed by atoms with Gasteiger partial charge in [0.25, 0.3) is 0 Å². The summed E-state index contributed by atoms with van der Waals surface area (Å²) in [5.41, 5.74) is 7.44. The van der Waals surface area contributed by atoms with Crippen molar-refractivity contribution in [3.63, 3.8) is 0 Å². The Morgan fingerprint density at radius 2 is 2.12 bits per heavy atom. The topological polar surface area (TPSA) is 51.8 Å². The third-order valence-corrected chi connectivity index (χ3v) is 4.12. The Kier molecular flexibility index (Phi) is 3.68. The molecule has 0 bridgehead atoms. The number of pyridine rings is 1. The van der Waals surface area contributed by atoms with Crippen molar-refractivity contribution < 1.29 is 0 Å². The molecule has 2 aromatic heterocycles. The molecule has 0 amide bonds. The minimum absolute atomic E-state index is 0.0349. The van der Waals surface area contributed by atoms with E-state index in [-0.39, 0.29) is 6.04 Å². The van der Waals surface area contributed by atoms with E-state index in [9.17, 15) is 0 Å². The quantitative estimate of drug-likeness (QED) is 0.913. The van der Waals surface area contributed by atoms with Gasteiger partial charge in [-0.25, -0.2) is 4.98 Å². The average molecular weight is 288 g/mol. The first-order valence-corrected chi connectivity index (χ1v) is 6.60. The summed E-state index contributed by atoms with van der Waals surface area (Å²) in [6, 6.07) is 1.63. The molecular formula is C11H11Cl2N3S. The first-order chi connectivity index (χ1) is 7.99. The second-order valence-corrected chi connectivity index (χ2v) is 5.62. The second-order valence-electron chi connectivity index (χ2n) is 3.74. The molecule has 0 aliphatic rings. The van der Waals surface area contributed by atoms with E-state index in [1.807, 2.05) is 13.8 Å². The lowest BCUT2D eigenvalue weighted by Crippen LogP contribution is -2.03. The highest BCUT2D eigenvalue weighted by molar-refractivity contribution is 7.15. The summed E-state index contributed by atoms with van der Waals surface area (Å²) in [6.45, 7) is 3.86. The zero-order valence-corrected chi connectivity index (χ0v) is 11.7. The van der Waals surface area contributed by atoms with Crippen LogP contribution < -0.4 is 5.73 Å². The van der Waals surface area contributed by atoms with E-state index >= 15 is 0 Å². The molecule has 0 saturated carbocycles. The summed E-state index contributed by atoms with van der Waals surface area (Å²) >= 11 is 13.4. The van der Waals surface area contributed by atoms with Crippen molar-refractivity contribution in [2.75, 3.05) is 0 Å². The number of aryl methyl sites for hydroxylation is 1. The van der Waals surface area contributed by atoms with Gasteiger partial charge in [-0.05, 0) is 19.9 Å². The second kappa shape index (κ2) is 4.90. The third-order valence-electron chi connectivity index (χ3n) is 2.26. The summed E-state index contributed by atoms with van der Waals surface area (Å²) in [7, 11) is 0. The van der Waals surface area contributed by atoms with Crippen LogP contribution in [0.2, 0.25) is 10.0 Å². The molecule has 17 heavy (non-hydrogen) atoms. The first-order valence-electron chi connectivity index (χ1n) is 5.03. The van der Waals surface area contributed by atoms with Crippen LogP contribution in [0.25, 0.3) is 10.7 Å². The van der Waals surface area contributed by atoms with E-state index in [0.29, 0.717) is 15.7 Å².